The van der Waals surface area contributed by atoms with E-state index >= 15 is 0 Å². The Morgan fingerprint density at radius 1 is 1.18 bits per heavy atom. The molecule has 0 radical (unpaired) electrons. The number of aromatic nitrogens is 1. The lowest BCUT2D eigenvalue weighted by Crippen LogP contribution is -2.13. The highest BCUT2D eigenvalue weighted by molar-refractivity contribution is 7.14. The molecule has 3 rings (SSSR count). The van der Waals surface area contributed by atoms with Gasteiger partial charge in [-0.25, -0.2) is 4.98 Å². The van der Waals surface area contributed by atoms with E-state index in [0.29, 0.717) is 17.4 Å². The Morgan fingerprint density at radius 2 is 1.93 bits per heavy atom. The maximum Gasteiger partial charge on any atom is 0.416 e. The average Bonchev–Trinajstić information content (AvgIpc) is 3.14. The van der Waals surface area contributed by atoms with Gasteiger partial charge in [0.25, 0.3) is 5.91 Å². The molecule has 0 bridgehead atoms. The third kappa shape index (κ3) is 4.96. The molecule has 1 aromatic heterocycles. The number of thiazole rings is 1. The van der Waals surface area contributed by atoms with E-state index in [1.54, 1.807) is 12.5 Å². The number of carbonyl (C=O) groups is 1. The Bertz CT molecular complexity index is 953. The molecule has 0 spiro atoms. The van der Waals surface area contributed by atoms with Gasteiger partial charge in [-0.3, -0.25) is 10.1 Å². The summed E-state index contributed by atoms with van der Waals surface area (Å²) in [5.41, 5.74) is 1.76. The maximum absolute atomic E-state index is 12.8. The molecule has 0 aliphatic heterocycles. The van der Waals surface area contributed by atoms with Gasteiger partial charge < -0.3 is 4.74 Å². The van der Waals surface area contributed by atoms with Gasteiger partial charge in [-0.15, -0.1) is 11.3 Å². The molecule has 0 unspecified atom stereocenters. The smallest absolute Gasteiger partial charge is 0.384 e. The summed E-state index contributed by atoms with van der Waals surface area (Å²) in [6, 6.07) is 12.1. The van der Waals surface area contributed by atoms with Crippen molar-refractivity contribution in [3.05, 3.63) is 70.6 Å². The van der Waals surface area contributed by atoms with Gasteiger partial charge in [0.15, 0.2) is 5.13 Å². The topological polar surface area (TPSA) is 51.2 Å². The molecule has 146 valence electrons. The van der Waals surface area contributed by atoms with Crippen molar-refractivity contribution >= 4 is 22.4 Å². The van der Waals surface area contributed by atoms with Crippen LogP contribution in [0.5, 0.6) is 0 Å². The molecule has 4 nitrogen and oxygen atoms in total. The van der Waals surface area contributed by atoms with Crippen LogP contribution in [-0.2, 0) is 17.3 Å². The molecule has 8 heteroatoms. The van der Waals surface area contributed by atoms with Crippen LogP contribution in [0.3, 0.4) is 0 Å². The largest absolute Gasteiger partial charge is 0.416 e. The van der Waals surface area contributed by atoms with Crippen LogP contribution in [-0.4, -0.2) is 24.6 Å². The lowest BCUT2D eigenvalue weighted by atomic mass is 10.1. The van der Waals surface area contributed by atoms with E-state index < -0.39 is 17.6 Å². The lowest BCUT2D eigenvalue weighted by Gasteiger charge is -2.08. The first-order valence-electron chi connectivity index (χ1n) is 8.39. The second-order valence-corrected chi connectivity index (χ2v) is 6.87. The first kappa shape index (κ1) is 20.0. The van der Waals surface area contributed by atoms with Crippen molar-refractivity contribution < 1.29 is 22.7 Å². The summed E-state index contributed by atoms with van der Waals surface area (Å²) >= 11 is 1.21. The predicted octanol–water partition coefficient (Wildman–Crippen LogP) is 5.27. The van der Waals surface area contributed by atoms with Crippen LogP contribution in [0.4, 0.5) is 18.3 Å². The number of alkyl halides is 3. The van der Waals surface area contributed by atoms with Gasteiger partial charge in [-0.05, 0) is 30.2 Å². The maximum atomic E-state index is 12.8. The average molecular weight is 406 g/mol. The number of nitrogens with zero attached hydrogens (tertiary/aromatic N) is 1. The van der Waals surface area contributed by atoms with E-state index in [4.69, 9.17) is 4.74 Å². The highest BCUT2D eigenvalue weighted by atomic mass is 32.1. The van der Waals surface area contributed by atoms with Crippen molar-refractivity contribution in [2.75, 3.05) is 19.0 Å². The summed E-state index contributed by atoms with van der Waals surface area (Å²) in [5, 5.41) is 4.65. The van der Waals surface area contributed by atoms with Crippen LogP contribution in [0.15, 0.2) is 53.9 Å². The minimum absolute atomic E-state index is 0.0749. The lowest BCUT2D eigenvalue weighted by molar-refractivity contribution is -0.137. The van der Waals surface area contributed by atoms with Crippen LogP contribution < -0.4 is 5.32 Å². The number of hydrogen-bond donors (Lipinski definition) is 1. The van der Waals surface area contributed by atoms with Gasteiger partial charge in [0.2, 0.25) is 0 Å². The molecule has 0 saturated carbocycles. The highest BCUT2D eigenvalue weighted by Gasteiger charge is 2.30. The van der Waals surface area contributed by atoms with Gasteiger partial charge in [0.05, 0.1) is 17.9 Å². The predicted molar refractivity (Wildman–Crippen MR) is 103 cm³/mol. The molecule has 28 heavy (non-hydrogen) atoms. The van der Waals surface area contributed by atoms with Crippen LogP contribution in [0.2, 0.25) is 0 Å². The molecule has 0 aliphatic rings. The van der Waals surface area contributed by atoms with Crippen molar-refractivity contribution in [2.24, 2.45) is 0 Å². The van der Waals surface area contributed by atoms with Gasteiger partial charge >= 0.3 is 6.18 Å². The number of carbonyl (C=O) groups excluding carboxylic acids is 1. The third-order valence-corrected chi connectivity index (χ3v) is 4.78. The van der Waals surface area contributed by atoms with E-state index in [1.807, 2.05) is 24.3 Å². The van der Waals surface area contributed by atoms with Crippen molar-refractivity contribution in [3.63, 3.8) is 0 Å². The fourth-order valence-electron chi connectivity index (χ4n) is 2.53. The van der Waals surface area contributed by atoms with Crippen LogP contribution in [0.25, 0.3) is 11.3 Å². The minimum Gasteiger partial charge on any atom is -0.384 e. The second-order valence-electron chi connectivity index (χ2n) is 6.01. The molecule has 3 aromatic rings. The number of anilines is 1. The number of ether oxygens (including phenoxy) is 1. The van der Waals surface area contributed by atoms with Crippen LogP contribution >= 0.6 is 11.3 Å². The molecule has 1 N–H and O–H groups in total. The van der Waals surface area contributed by atoms with E-state index in [1.165, 1.54) is 23.5 Å². The molecule has 0 aliphatic carbocycles. The van der Waals surface area contributed by atoms with Gasteiger partial charge in [0.1, 0.15) is 0 Å². The fourth-order valence-corrected chi connectivity index (χ4v) is 3.25. The van der Waals surface area contributed by atoms with E-state index in [-0.39, 0.29) is 5.56 Å². The summed E-state index contributed by atoms with van der Waals surface area (Å²) in [7, 11) is 1.65. The van der Waals surface area contributed by atoms with Crippen molar-refractivity contribution in [3.8, 4) is 11.3 Å². The quantitative estimate of drug-likeness (QED) is 0.607. The number of nitrogens with one attached hydrogen (secondary N) is 1. The number of rotatable bonds is 6. The molecular formula is C20H17F3N2O2S. The number of methoxy groups -OCH3 is 1. The first-order chi connectivity index (χ1) is 13.4. The Hall–Kier alpha value is -2.71. The zero-order valence-electron chi connectivity index (χ0n) is 14.9. The zero-order valence-corrected chi connectivity index (χ0v) is 15.7. The minimum atomic E-state index is -4.50. The summed E-state index contributed by atoms with van der Waals surface area (Å²) < 4.78 is 43.4. The Morgan fingerprint density at radius 3 is 2.61 bits per heavy atom. The van der Waals surface area contributed by atoms with Gasteiger partial charge in [-0.1, -0.05) is 30.3 Å². The normalized spacial score (nSPS) is 11.4. The van der Waals surface area contributed by atoms with Crippen LogP contribution in [0, 0.1) is 0 Å². The van der Waals surface area contributed by atoms with Gasteiger partial charge in [0, 0.05) is 23.6 Å². The molecular weight excluding hydrogens is 389 g/mol. The second kappa shape index (κ2) is 8.53. The summed E-state index contributed by atoms with van der Waals surface area (Å²) in [6.07, 6.45) is -3.69. The summed E-state index contributed by atoms with van der Waals surface area (Å²) in [5.74, 6) is -0.637. The number of halogens is 3. The monoisotopic (exact) mass is 406 g/mol. The summed E-state index contributed by atoms with van der Waals surface area (Å²) in [6.45, 7) is 0.641. The molecule has 1 heterocycles. The summed E-state index contributed by atoms with van der Waals surface area (Å²) in [4.78, 5) is 16.6. The number of benzene rings is 2. The fraction of sp³-hybridized carbons (Fsp3) is 0.200. The highest BCUT2D eigenvalue weighted by Crippen LogP contribution is 2.30. The van der Waals surface area contributed by atoms with Crippen molar-refractivity contribution in [1.82, 2.24) is 4.98 Å². The molecule has 0 atom stereocenters. The molecule has 2 aromatic carbocycles. The Kier molecular flexibility index (Phi) is 6.11. The molecule has 0 fully saturated rings. The number of hydrogen-bond acceptors (Lipinski definition) is 4. The Balaban J connectivity index is 1.70. The van der Waals surface area contributed by atoms with Crippen molar-refractivity contribution in [1.29, 1.82) is 0 Å². The van der Waals surface area contributed by atoms with E-state index in [0.717, 1.165) is 29.7 Å². The SMILES string of the molecule is COCCc1ccc(-c2csc(NC(=O)c3cccc(C(F)(F)F)c3)n2)cc1. The molecule has 1 amide bonds. The Labute approximate surface area is 164 Å². The van der Waals surface area contributed by atoms with E-state index in [2.05, 4.69) is 10.3 Å². The molecule has 0 saturated heterocycles. The van der Waals surface area contributed by atoms with Gasteiger partial charge in [-0.2, -0.15) is 13.2 Å². The standard InChI is InChI=1S/C20H17F3N2O2S/c1-27-10-9-13-5-7-14(8-6-13)17-12-28-19(24-17)25-18(26)15-3-2-4-16(11-15)20(21,22)23/h2-8,11-12H,9-10H2,1H3,(H,24,25,26). The van der Waals surface area contributed by atoms with E-state index in [9.17, 15) is 18.0 Å². The first-order valence-corrected chi connectivity index (χ1v) is 9.27. The van der Waals surface area contributed by atoms with Crippen LogP contribution in [0.1, 0.15) is 21.5 Å². The number of amides is 1. The third-order valence-electron chi connectivity index (χ3n) is 4.02. The van der Waals surface area contributed by atoms with Crippen molar-refractivity contribution in [2.45, 2.75) is 12.6 Å². The zero-order chi connectivity index (χ0) is 20.1.